The molecule has 0 N–H and O–H groups in total. The smallest absolute Gasteiger partial charge is 0.429 e. The van der Waals surface area contributed by atoms with Crippen molar-refractivity contribution in [2.45, 2.75) is 31.9 Å². The van der Waals surface area contributed by atoms with E-state index >= 15 is 0 Å². The van der Waals surface area contributed by atoms with Gasteiger partial charge in [0.2, 0.25) is 5.56 Å². The summed E-state index contributed by atoms with van der Waals surface area (Å²) in [6, 6.07) is 9.07. The van der Waals surface area contributed by atoms with Gasteiger partial charge < -0.3 is 9.47 Å². The number of hydrogen-bond acceptors (Lipinski definition) is 3. The van der Waals surface area contributed by atoms with E-state index in [2.05, 4.69) is 0 Å². The quantitative estimate of drug-likeness (QED) is 0.583. The lowest BCUT2D eigenvalue weighted by Crippen LogP contribution is -2.24. The van der Waals surface area contributed by atoms with Gasteiger partial charge in [0.1, 0.15) is 5.60 Å². The zero-order valence-corrected chi connectivity index (χ0v) is 10.3. The second-order valence-electron chi connectivity index (χ2n) is 4.31. The summed E-state index contributed by atoms with van der Waals surface area (Å²) in [5.41, 5.74) is -0.684. The van der Waals surface area contributed by atoms with Crippen molar-refractivity contribution in [3.05, 3.63) is 35.9 Å². The van der Waals surface area contributed by atoms with Gasteiger partial charge in [-0.3, -0.25) is 0 Å². The molecule has 0 aromatic heterocycles. The van der Waals surface area contributed by atoms with Crippen LogP contribution in [0.3, 0.4) is 0 Å². The SMILES string of the molecule is CC(C)(C)OC(=O)OC(Cl)c1ccccc1. The fraction of sp³-hybridized carbons (Fsp3) is 0.417. The highest BCUT2D eigenvalue weighted by Crippen LogP contribution is 2.22. The van der Waals surface area contributed by atoms with Gasteiger partial charge in [0.25, 0.3) is 0 Å². The Labute approximate surface area is 100 Å². The maximum absolute atomic E-state index is 11.3. The van der Waals surface area contributed by atoms with Crippen LogP contribution in [-0.4, -0.2) is 11.8 Å². The highest BCUT2D eigenvalue weighted by atomic mass is 35.5. The second kappa shape index (κ2) is 5.21. The van der Waals surface area contributed by atoms with Crippen LogP contribution in [0.4, 0.5) is 4.79 Å². The molecule has 0 saturated heterocycles. The van der Waals surface area contributed by atoms with Gasteiger partial charge in [0.05, 0.1) is 0 Å². The van der Waals surface area contributed by atoms with E-state index in [4.69, 9.17) is 21.1 Å². The van der Waals surface area contributed by atoms with E-state index in [1.54, 1.807) is 32.9 Å². The van der Waals surface area contributed by atoms with Crippen molar-refractivity contribution in [1.29, 1.82) is 0 Å². The van der Waals surface area contributed by atoms with Crippen molar-refractivity contribution >= 4 is 17.8 Å². The molecule has 1 unspecified atom stereocenters. The van der Waals surface area contributed by atoms with E-state index in [-0.39, 0.29) is 0 Å². The highest BCUT2D eigenvalue weighted by molar-refractivity contribution is 6.20. The van der Waals surface area contributed by atoms with Gasteiger partial charge in [-0.2, -0.15) is 0 Å². The van der Waals surface area contributed by atoms with Gasteiger partial charge in [-0.1, -0.05) is 41.9 Å². The molecule has 0 aliphatic heterocycles. The number of hydrogen-bond donors (Lipinski definition) is 0. The molecule has 3 nitrogen and oxygen atoms in total. The first-order chi connectivity index (χ1) is 7.38. The average molecular weight is 243 g/mol. The summed E-state index contributed by atoms with van der Waals surface area (Å²) in [5, 5.41) is 0. The number of rotatable bonds is 2. The third kappa shape index (κ3) is 4.53. The zero-order valence-electron chi connectivity index (χ0n) is 9.57. The molecule has 0 fully saturated rings. The summed E-state index contributed by atoms with van der Waals surface area (Å²) in [7, 11) is 0. The second-order valence-corrected chi connectivity index (χ2v) is 4.71. The molecule has 1 aromatic rings. The van der Waals surface area contributed by atoms with Crippen LogP contribution in [0.2, 0.25) is 0 Å². The number of benzene rings is 1. The number of halogens is 1. The molecule has 16 heavy (non-hydrogen) atoms. The molecule has 4 heteroatoms. The van der Waals surface area contributed by atoms with Crippen molar-refractivity contribution in [3.8, 4) is 0 Å². The monoisotopic (exact) mass is 242 g/mol. The molecule has 1 rings (SSSR count). The van der Waals surface area contributed by atoms with Crippen molar-refractivity contribution in [2.24, 2.45) is 0 Å². The molecule has 0 saturated carbocycles. The first-order valence-electron chi connectivity index (χ1n) is 4.97. The summed E-state index contributed by atoms with van der Waals surface area (Å²) in [4.78, 5) is 11.3. The lowest BCUT2D eigenvalue weighted by molar-refractivity contribution is -0.0135. The van der Waals surface area contributed by atoms with E-state index < -0.39 is 17.3 Å². The molecule has 0 bridgehead atoms. The van der Waals surface area contributed by atoms with Crippen molar-refractivity contribution in [2.75, 3.05) is 0 Å². The van der Waals surface area contributed by atoms with E-state index in [0.717, 1.165) is 5.56 Å². The average Bonchev–Trinajstić information content (AvgIpc) is 2.16. The number of carbonyl (C=O) groups is 1. The first-order valence-corrected chi connectivity index (χ1v) is 5.41. The Morgan fingerprint density at radius 3 is 2.31 bits per heavy atom. The first kappa shape index (κ1) is 12.8. The van der Waals surface area contributed by atoms with Crippen LogP contribution in [-0.2, 0) is 9.47 Å². The molecule has 0 aliphatic rings. The largest absolute Gasteiger partial charge is 0.510 e. The zero-order chi connectivity index (χ0) is 12.2. The lowest BCUT2D eigenvalue weighted by atomic mass is 10.2. The third-order valence-electron chi connectivity index (χ3n) is 1.65. The Morgan fingerprint density at radius 2 is 1.81 bits per heavy atom. The van der Waals surface area contributed by atoms with Crippen LogP contribution >= 0.6 is 11.6 Å². The minimum Gasteiger partial charge on any atom is -0.429 e. The van der Waals surface area contributed by atoms with Gasteiger partial charge in [0, 0.05) is 5.56 Å². The van der Waals surface area contributed by atoms with Crippen molar-refractivity contribution in [1.82, 2.24) is 0 Å². The third-order valence-corrected chi connectivity index (χ3v) is 1.99. The summed E-state index contributed by atoms with van der Waals surface area (Å²) >= 11 is 5.91. The van der Waals surface area contributed by atoms with Crippen LogP contribution in [0.15, 0.2) is 30.3 Å². The summed E-state index contributed by atoms with van der Waals surface area (Å²) < 4.78 is 9.90. The van der Waals surface area contributed by atoms with Crippen molar-refractivity contribution < 1.29 is 14.3 Å². The Morgan fingerprint density at radius 1 is 1.25 bits per heavy atom. The van der Waals surface area contributed by atoms with Gasteiger partial charge >= 0.3 is 6.16 Å². The molecule has 0 heterocycles. The Bertz CT molecular complexity index is 343. The standard InChI is InChI=1S/C12H15ClO3/c1-12(2,3)16-11(14)15-10(13)9-7-5-4-6-8-9/h4-8,10H,1-3H3. The van der Waals surface area contributed by atoms with Crippen LogP contribution in [0.5, 0.6) is 0 Å². The minimum absolute atomic E-state index is 0.579. The van der Waals surface area contributed by atoms with E-state index in [1.807, 2.05) is 18.2 Å². The molecule has 1 atom stereocenters. The highest BCUT2D eigenvalue weighted by Gasteiger charge is 2.20. The Hall–Kier alpha value is -1.22. The fourth-order valence-electron chi connectivity index (χ4n) is 1.03. The van der Waals surface area contributed by atoms with E-state index in [1.165, 1.54) is 0 Å². The molecular formula is C12H15ClO3. The number of ether oxygens (including phenoxy) is 2. The Kier molecular flexibility index (Phi) is 4.19. The predicted octanol–water partition coefficient (Wildman–Crippen LogP) is 3.88. The molecule has 0 aliphatic carbocycles. The van der Waals surface area contributed by atoms with E-state index in [9.17, 15) is 4.79 Å². The fourth-order valence-corrected chi connectivity index (χ4v) is 1.25. The topological polar surface area (TPSA) is 35.5 Å². The van der Waals surface area contributed by atoms with E-state index in [0.29, 0.717) is 0 Å². The van der Waals surface area contributed by atoms with Crippen LogP contribution in [0.25, 0.3) is 0 Å². The summed E-state index contributed by atoms with van der Waals surface area (Å²) in [6.45, 7) is 5.29. The van der Waals surface area contributed by atoms with Crippen LogP contribution < -0.4 is 0 Å². The lowest BCUT2D eigenvalue weighted by Gasteiger charge is -2.20. The van der Waals surface area contributed by atoms with Crippen LogP contribution in [0.1, 0.15) is 31.9 Å². The maximum Gasteiger partial charge on any atom is 0.510 e. The molecule has 88 valence electrons. The molecule has 0 amide bonds. The molecule has 0 spiro atoms. The van der Waals surface area contributed by atoms with Crippen LogP contribution in [0, 0.1) is 0 Å². The van der Waals surface area contributed by atoms with Gasteiger partial charge in [-0.25, -0.2) is 4.79 Å². The van der Waals surface area contributed by atoms with Gasteiger partial charge in [-0.15, -0.1) is 0 Å². The summed E-state index contributed by atoms with van der Waals surface area (Å²) in [5.74, 6) is 0. The Balaban J connectivity index is 2.52. The minimum atomic E-state index is -0.823. The van der Waals surface area contributed by atoms with Crippen molar-refractivity contribution in [3.63, 3.8) is 0 Å². The number of carbonyl (C=O) groups excluding carboxylic acids is 1. The summed E-state index contributed by atoms with van der Waals surface area (Å²) in [6.07, 6.45) is -0.767. The maximum atomic E-state index is 11.3. The van der Waals surface area contributed by atoms with Gasteiger partial charge in [0.15, 0.2) is 0 Å². The predicted molar refractivity (Wildman–Crippen MR) is 62.4 cm³/mol. The molecule has 0 radical (unpaired) electrons. The normalized spacial score (nSPS) is 13.0. The van der Waals surface area contributed by atoms with Gasteiger partial charge in [-0.05, 0) is 20.8 Å². The number of alkyl halides is 1. The molecule has 1 aromatic carbocycles. The molecular weight excluding hydrogens is 228 g/mol.